The molecule has 0 aromatic heterocycles. The zero-order chi connectivity index (χ0) is 31.5. The van der Waals surface area contributed by atoms with Gasteiger partial charge in [-0.05, 0) is 12.8 Å². The average molecular weight is 621 g/mol. The molecule has 0 unspecified atom stereocenters. The standard InChI is InChI=1S/C42H84O2/c43-40-42(41-44)38-36-34-32-30-28-26-24-22-20-18-16-14-12-10-8-6-4-2-1-3-5-7-9-11-13-15-17-19-21-23-25-27-29-31-33-35-37-39-42/h43-44H,1-41H2. The summed E-state index contributed by atoms with van der Waals surface area (Å²) in [7, 11) is 0. The van der Waals surface area contributed by atoms with Crippen LogP contribution >= 0.6 is 0 Å². The molecule has 2 N–H and O–H groups in total. The summed E-state index contributed by atoms with van der Waals surface area (Å²) in [6.45, 7) is 0.312. The van der Waals surface area contributed by atoms with Crippen molar-refractivity contribution in [2.24, 2.45) is 5.41 Å². The Morgan fingerprint density at radius 3 is 0.432 bits per heavy atom. The Balaban J connectivity index is 2.18. The molecule has 44 heavy (non-hydrogen) atoms. The van der Waals surface area contributed by atoms with E-state index in [1.54, 1.807) is 0 Å². The third kappa shape index (κ3) is 28.2. The van der Waals surface area contributed by atoms with E-state index in [4.69, 9.17) is 0 Å². The zero-order valence-electron chi connectivity index (χ0n) is 30.4. The molecule has 0 bridgehead atoms. The molecule has 1 fully saturated rings. The first-order valence-electron chi connectivity index (χ1n) is 21.0. The molecule has 264 valence electrons. The van der Waals surface area contributed by atoms with Gasteiger partial charge in [-0.1, -0.05) is 238 Å². The highest BCUT2D eigenvalue weighted by molar-refractivity contribution is 4.78. The first-order chi connectivity index (χ1) is 21.8. The maximum absolute atomic E-state index is 10.1. The van der Waals surface area contributed by atoms with E-state index >= 15 is 0 Å². The maximum Gasteiger partial charge on any atom is 0.0509 e. The van der Waals surface area contributed by atoms with E-state index in [2.05, 4.69) is 0 Å². The highest BCUT2D eigenvalue weighted by atomic mass is 16.3. The van der Waals surface area contributed by atoms with Crippen molar-refractivity contribution >= 4 is 0 Å². The minimum absolute atomic E-state index is 0.156. The van der Waals surface area contributed by atoms with E-state index in [1.807, 2.05) is 0 Å². The smallest absolute Gasteiger partial charge is 0.0509 e. The van der Waals surface area contributed by atoms with Crippen LogP contribution in [0.1, 0.15) is 250 Å². The third-order valence-corrected chi connectivity index (χ3v) is 11.1. The first-order valence-corrected chi connectivity index (χ1v) is 21.0. The Labute approximate surface area is 278 Å². The lowest BCUT2D eigenvalue weighted by molar-refractivity contribution is 0.0353. The molecule has 0 saturated heterocycles. The van der Waals surface area contributed by atoms with Gasteiger partial charge < -0.3 is 10.2 Å². The van der Waals surface area contributed by atoms with Gasteiger partial charge in [0.25, 0.3) is 0 Å². The number of hydrogen-bond acceptors (Lipinski definition) is 2. The van der Waals surface area contributed by atoms with E-state index < -0.39 is 0 Å². The Bertz CT molecular complexity index is 486. The summed E-state index contributed by atoms with van der Waals surface area (Å²) in [5.74, 6) is 0. The van der Waals surface area contributed by atoms with Gasteiger partial charge in [-0.3, -0.25) is 0 Å². The molecule has 0 heterocycles. The van der Waals surface area contributed by atoms with E-state index in [1.165, 1.54) is 238 Å². The van der Waals surface area contributed by atoms with Gasteiger partial charge >= 0.3 is 0 Å². The summed E-state index contributed by atoms with van der Waals surface area (Å²) >= 11 is 0. The van der Waals surface area contributed by atoms with Gasteiger partial charge in [0.2, 0.25) is 0 Å². The van der Waals surface area contributed by atoms with Crippen LogP contribution in [0.25, 0.3) is 0 Å². The monoisotopic (exact) mass is 621 g/mol. The second-order valence-corrected chi connectivity index (χ2v) is 15.4. The van der Waals surface area contributed by atoms with E-state index in [0.717, 1.165) is 12.8 Å². The molecule has 2 heteroatoms. The summed E-state index contributed by atoms with van der Waals surface area (Å²) < 4.78 is 0. The quantitative estimate of drug-likeness (QED) is 0.322. The molecule has 2 nitrogen and oxygen atoms in total. The Kier molecular flexibility index (Phi) is 32.7. The van der Waals surface area contributed by atoms with Crippen molar-refractivity contribution in [1.29, 1.82) is 0 Å². The van der Waals surface area contributed by atoms with Crippen LogP contribution in [0.4, 0.5) is 0 Å². The lowest BCUT2D eigenvalue weighted by Gasteiger charge is -2.30. The number of rotatable bonds is 2. The lowest BCUT2D eigenvalue weighted by Crippen LogP contribution is -2.29. The summed E-state index contributed by atoms with van der Waals surface area (Å²) in [6.07, 6.45) is 54.5. The van der Waals surface area contributed by atoms with Crippen LogP contribution in [0.5, 0.6) is 0 Å². The first kappa shape index (κ1) is 41.9. The van der Waals surface area contributed by atoms with Gasteiger partial charge in [0.1, 0.15) is 0 Å². The summed E-state index contributed by atoms with van der Waals surface area (Å²) in [6, 6.07) is 0. The predicted molar refractivity (Wildman–Crippen MR) is 197 cm³/mol. The summed E-state index contributed by atoms with van der Waals surface area (Å²) in [5.41, 5.74) is -0.229. The fraction of sp³-hybridized carbons (Fsp3) is 1.00. The van der Waals surface area contributed by atoms with Crippen molar-refractivity contribution in [3.63, 3.8) is 0 Å². The normalized spacial score (nSPS) is 24.1. The van der Waals surface area contributed by atoms with Crippen molar-refractivity contribution in [2.45, 2.75) is 250 Å². The second-order valence-electron chi connectivity index (χ2n) is 15.4. The summed E-state index contributed by atoms with van der Waals surface area (Å²) in [5, 5.41) is 20.2. The fourth-order valence-electron chi connectivity index (χ4n) is 7.68. The molecule has 0 radical (unpaired) electrons. The molecule has 1 saturated carbocycles. The second kappa shape index (κ2) is 34.3. The molecule has 0 aromatic carbocycles. The molecule has 1 aliphatic rings. The van der Waals surface area contributed by atoms with Gasteiger partial charge in [0, 0.05) is 5.41 Å². The van der Waals surface area contributed by atoms with Crippen LogP contribution in [0.2, 0.25) is 0 Å². The molecule has 0 amide bonds. The van der Waals surface area contributed by atoms with Gasteiger partial charge in [0.05, 0.1) is 13.2 Å². The van der Waals surface area contributed by atoms with E-state index in [-0.39, 0.29) is 18.6 Å². The Morgan fingerprint density at radius 2 is 0.318 bits per heavy atom. The van der Waals surface area contributed by atoms with Crippen LogP contribution in [0.15, 0.2) is 0 Å². The molecule has 1 aliphatic carbocycles. The van der Waals surface area contributed by atoms with Crippen LogP contribution in [-0.4, -0.2) is 23.4 Å². The minimum Gasteiger partial charge on any atom is -0.396 e. The van der Waals surface area contributed by atoms with Gasteiger partial charge in [-0.2, -0.15) is 0 Å². The third-order valence-electron chi connectivity index (χ3n) is 11.1. The highest BCUT2D eigenvalue weighted by Gasteiger charge is 2.27. The molecular formula is C42H84O2. The van der Waals surface area contributed by atoms with Crippen molar-refractivity contribution in [3.8, 4) is 0 Å². The van der Waals surface area contributed by atoms with Gasteiger partial charge in [-0.15, -0.1) is 0 Å². The van der Waals surface area contributed by atoms with Crippen LogP contribution < -0.4 is 0 Å². The molecule has 0 atom stereocenters. The van der Waals surface area contributed by atoms with E-state index in [9.17, 15) is 10.2 Å². The van der Waals surface area contributed by atoms with Crippen molar-refractivity contribution in [3.05, 3.63) is 0 Å². The van der Waals surface area contributed by atoms with Crippen LogP contribution in [0, 0.1) is 5.41 Å². The van der Waals surface area contributed by atoms with Gasteiger partial charge in [0.15, 0.2) is 0 Å². The van der Waals surface area contributed by atoms with Crippen molar-refractivity contribution in [1.82, 2.24) is 0 Å². The largest absolute Gasteiger partial charge is 0.396 e. The maximum atomic E-state index is 10.1. The molecule has 1 rings (SSSR count). The number of aliphatic hydroxyl groups is 2. The Hall–Kier alpha value is -0.0800. The van der Waals surface area contributed by atoms with Crippen molar-refractivity contribution in [2.75, 3.05) is 13.2 Å². The fourth-order valence-corrected chi connectivity index (χ4v) is 7.68. The average Bonchev–Trinajstić information content (AvgIpc) is 3.04. The SMILES string of the molecule is OCC1(CO)CCCCCCCCCCCCCCCCCCCCCCCCCCCCCCCCCCCCCCC1. The molecule has 0 spiro atoms. The lowest BCUT2D eigenvalue weighted by atomic mass is 9.79. The number of aliphatic hydroxyl groups excluding tert-OH is 2. The number of hydrogen-bond donors (Lipinski definition) is 2. The van der Waals surface area contributed by atoms with Crippen molar-refractivity contribution < 1.29 is 10.2 Å². The predicted octanol–water partition coefficient (Wildman–Crippen LogP) is 14.2. The highest BCUT2D eigenvalue weighted by Crippen LogP contribution is 2.31. The van der Waals surface area contributed by atoms with Crippen LogP contribution in [-0.2, 0) is 0 Å². The molecular weight excluding hydrogens is 536 g/mol. The molecule has 0 aliphatic heterocycles. The Morgan fingerprint density at radius 1 is 0.205 bits per heavy atom. The van der Waals surface area contributed by atoms with E-state index in [0.29, 0.717) is 0 Å². The minimum atomic E-state index is -0.229. The zero-order valence-corrected chi connectivity index (χ0v) is 30.4. The van der Waals surface area contributed by atoms with Crippen LogP contribution in [0.3, 0.4) is 0 Å². The summed E-state index contributed by atoms with van der Waals surface area (Å²) in [4.78, 5) is 0. The molecule has 0 aromatic rings. The topological polar surface area (TPSA) is 40.5 Å². The van der Waals surface area contributed by atoms with Gasteiger partial charge in [-0.25, -0.2) is 0 Å².